The summed E-state index contributed by atoms with van der Waals surface area (Å²) in [6, 6.07) is 0. The molecule has 2 aromatic heterocycles. The Morgan fingerprint density at radius 2 is 2.08 bits per heavy atom. The summed E-state index contributed by atoms with van der Waals surface area (Å²) in [5.41, 5.74) is 0.166. The molecule has 3 heterocycles. The van der Waals surface area contributed by atoms with Crippen molar-refractivity contribution in [1.82, 2.24) is 19.7 Å². The Kier molecular flexibility index (Phi) is 4.67. The van der Waals surface area contributed by atoms with E-state index in [0.29, 0.717) is 13.2 Å². The highest BCUT2D eigenvalue weighted by Gasteiger charge is 2.49. The lowest BCUT2D eigenvalue weighted by atomic mass is 9.76. The second-order valence-electron chi connectivity index (χ2n) is 8.36. The van der Waals surface area contributed by atoms with Gasteiger partial charge in [-0.2, -0.15) is 5.10 Å². The first-order valence-corrected chi connectivity index (χ1v) is 9.32. The predicted octanol–water partition coefficient (Wildman–Crippen LogP) is 3.00. The number of nitrogens with zero attached hydrogens (tertiary/aromatic N) is 5. The third-order valence-corrected chi connectivity index (χ3v) is 5.37. The number of carbonyl (C=O) groups excluding carboxylic acids is 1. The van der Waals surface area contributed by atoms with Crippen molar-refractivity contribution in [3.05, 3.63) is 12.5 Å². The van der Waals surface area contributed by atoms with E-state index >= 15 is 0 Å². The second-order valence-corrected chi connectivity index (χ2v) is 8.36. The first kappa shape index (κ1) is 18.6. The normalized spacial score (nSPS) is 21.0. The summed E-state index contributed by atoms with van der Waals surface area (Å²) >= 11 is 0. The monoisotopic (exact) mass is 359 g/mol. The number of hydrogen-bond acceptors (Lipinski definition) is 6. The summed E-state index contributed by atoms with van der Waals surface area (Å²) in [6.45, 7) is 14.1. The summed E-state index contributed by atoms with van der Waals surface area (Å²) < 4.78 is 7.32. The Labute approximate surface area is 154 Å². The molecule has 26 heavy (non-hydrogen) atoms. The summed E-state index contributed by atoms with van der Waals surface area (Å²) in [7, 11) is 0. The van der Waals surface area contributed by atoms with Gasteiger partial charge in [-0.05, 0) is 40.0 Å². The Balaban J connectivity index is 1.98. The van der Waals surface area contributed by atoms with Crippen molar-refractivity contribution in [2.75, 3.05) is 24.6 Å². The first-order chi connectivity index (χ1) is 12.2. The zero-order valence-electron chi connectivity index (χ0n) is 16.6. The lowest BCUT2D eigenvalue weighted by Gasteiger charge is -2.31. The molecule has 0 bridgehead atoms. The van der Waals surface area contributed by atoms with Crippen LogP contribution in [-0.4, -0.2) is 45.4 Å². The van der Waals surface area contributed by atoms with Gasteiger partial charge in [-0.3, -0.25) is 4.79 Å². The quantitative estimate of drug-likeness (QED) is 0.782. The van der Waals surface area contributed by atoms with Gasteiger partial charge in [0.05, 0.1) is 29.1 Å². The Bertz CT molecular complexity index is 808. The molecule has 1 unspecified atom stereocenters. The molecule has 7 nitrogen and oxygen atoms in total. The van der Waals surface area contributed by atoms with Crippen LogP contribution in [0, 0.1) is 11.3 Å². The van der Waals surface area contributed by atoms with Crippen LogP contribution < -0.4 is 4.90 Å². The number of carbonyl (C=O) groups is 1. The molecule has 1 aliphatic heterocycles. The van der Waals surface area contributed by atoms with E-state index in [1.165, 1.54) is 0 Å². The van der Waals surface area contributed by atoms with Crippen molar-refractivity contribution >= 4 is 22.8 Å². The van der Waals surface area contributed by atoms with Crippen LogP contribution in [0.5, 0.6) is 0 Å². The van der Waals surface area contributed by atoms with Gasteiger partial charge in [0.25, 0.3) is 0 Å². The van der Waals surface area contributed by atoms with Gasteiger partial charge in [-0.15, -0.1) is 0 Å². The molecule has 1 saturated heterocycles. The molecule has 0 amide bonds. The minimum atomic E-state index is -0.493. The molecule has 1 aliphatic rings. The maximum Gasteiger partial charge on any atom is 0.314 e. The van der Waals surface area contributed by atoms with Gasteiger partial charge in [-0.25, -0.2) is 14.6 Å². The Morgan fingerprint density at radius 1 is 1.35 bits per heavy atom. The van der Waals surface area contributed by atoms with E-state index in [0.717, 1.165) is 29.8 Å². The molecule has 2 aromatic rings. The average Bonchev–Trinajstić information content (AvgIpc) is 3.19. The molecule has 0 aliphatic carbocycles. The van der Waals surface area contributed by atoms with Crippen molar-refractivity contribution in [1.29, 1.82) is 0 Å². The first-order valence-electron chi connectivity index (χ1n) is 9.32. The third kappa shape index (κ3) is 2.93. The topological polar surface area (TPSA) is 73.1 Å². The summed E-state index contributed by atoms with van der Waals surface area (Å²) in [5.74, 6) is 0.937. The Morgan fingerprint density at radius 3 is 2.69 bits per heavy atom. The van der Waals surface area contributed by atoms with Crippen LogP contribution in [0.2, 0.25) is 0 Å². The van der Waals surface area contributed by atoms with Crippen LogP contribution in [0.15, 0.2) is 12.5 Å². The molecule has 0 spiro atoms. The predicted molar refractivity (Wildman–Crippen MR) is 101 cm³/mol. The van der Waals surface area contributed by atoms with Crippen molar-refractivity contribution in [2.45, 2.75) is 53.5 Å². The van der Waals surface area contributed by atoms with Crippen LogP contribution in [0.4, 0.5) is 5.82 Å². The molecule has 0 N–H and O–H groups in total. The molecule has 3 rings (SSSR count). The molecule has 1 atom stereocenters. The minimum Gasteiger partial charge on any atom is -0.466 e. The fourth-order valence-corrected chi connectivity index (χ4v) is 3.74. The summed E-state index contributed by atoms with van der Waals surface area (Å²) in [5, 5.41) is 5.45. The van der Waals surface area contributed by atoms with Gasteiger partial charge in [-0.1, -0.05) is 13.8 Å². The minimum absolute atomic E-state index is 0.104. The molecule has 0 saturated carbocycles. The largest absolute Gasteiger partial charge is 0.466 e. The van der Waals surface area contributed by atoms with E-state index in [1.807, 2.05) is 17.8 Å². The SMILES string of the molecule is CCOC(=O)C1(C(C)C)CCN(c2ncnc3c2cnn3C(C)(C)C)C1. The number of esters is 1. The lowest BCUT2D eigenvalue weighted by Crippen LogP contribution is -2.40. The molecule has 0 radical (unpaired) electrons. The van der Waals surface area contributed by atoms with Crippen LogP contribution in [0.3, 0.4) is 0 Å². The molecule has 7 heteroatoms. The maximum atomic E-state index is 12.7. The van der Waals surface area contributed by atoms with Gasteiger partial charge < -0.3 is 9.64 Å². The van der Waals surface area contributed by atoms with Crippen molar-refractivity contribution < 1.29 is 9.53 Å². The van der Waals surface area contributed by atoms with Crippen LogP contribution in [0.25, 0.3) is 11.0 Å². The van der Waals surface area contributed by atoms with E-state index in [4.69, 9.17) is 4.74 Å². The number of aromatic nitrogens is 4. The van der Waals surface area contributed by atoms with E-state index in [2.05, 4.69) is 54.6 Å². The number of ether oxygens (including phenoxy) is 1. The molecule has 0 aromatic carbocycles. The highest BCUT2D eigenvalue weighted by molar-refractivity contribution is 5.88. The van der Waals surface area contributed by atoms with Crippen LogP contribution in [-0.2, 0) is 15.1 Å². The zero-order valence-corrected chi connectivity index (χ0v) is 16.6. The van der Waals surface area contributed by atoms with Crippen LogP contribution in [0.1, 0.15) is 48.0 Å². The molecule has 1 fully saturated rings. The van der Waals surface area contributed by atoms with E-state index in [1.54, 1.807) is 6.33 Å². The third-order valence-electron chi connectivity index (χ3n) is 5.37. The maximum absolute atomic E-state index is 12.7. The van der Waals surface area contributed by atoms with Crippen molar-refractivity contribution in [3.8, 4) is 0 Å². The highest BCUT2D eigenvalue weighted by Crippen LogP contribution is 2.41. The standard InChI is InChI=1S/C19H29N5O2/c1-7-26-17(25)19(13(2)3)8-9-23(11-19)15-14-10-22-24(18(4,5)6)16(14)21-12-20-15/h10,12-13H,7-9,11H2,1-6H3. The van der Waals surface area contributed by atoms with Gasteiger partial charge >= 0.3 is 5.97 Å². The summed E-state index contributed by atoms with van der Waals surface area (Å²) in [6.07, 6.45) is 4.18. The van der Waals surface area contributed by atoms with Crippen molar-refractivity contribution in [3.63, 3.8) is 0 Å². The molecular weight excluding hydrogens is 330 g/mol. The van der Waals surface area contributed by atoms with Gasteiger partial charge in [0.2, 0.25) is 0 Å². The second kappa shape index (κ2) is 6.52. The van der Waals surface area contributed by atoms with Crippen LogP contribution >= 0.6 is 0 Å². The number of rotatable bonds is 4. The number of hydrogen-bond donors (Lipinski definition) is 0. The van der Waals surface area contributed by atoms with E-state index in [9.17, 15) is 4.79 Å². The van der Waals surface area contributed by atoms with Gasteiger partial charge in [0, 0.05) is 13.1 Å². The number of anilines is 1. The molecule has 142 valence electrons. The smallest absolute Gasteiger partial charge is 0.314 e. The van der Waals surface area contributed by atoms with Gasteiger partial charge in [0.1, 0.15) is 12.1 Å². The lowest BCUT2D eigenvalue weighted by molar-refractivity contribution is -0.156. The van der Waals surface area contributed by atoms with Gasteiger partial charge in [0.15, 0.2) is 5.65 Å². The van der Waals surface area contributed by atoms with E-state index < -0.39 is 5.41 Å². The zero-order chi connectivity index (χ0) is 19.1. The highest BCUT2D eigenvalue weighted by atomic mass is 16.5. The average molecular weight is 359 g/mol. The fraction of sp³-hybridized carbons (Fsp3) is 0.684. The summed E-state index contributed by atoms with van der Waals surface area (Å²) in [4.78, 5) is 23.8. The molecular formula is C19H29N5O2. The van der Waals surface area contributed by atoms with Crippen molar-refractivity contribution in [2.24, 2.45) is 11.3 Å². The fourth-order valence-electron chi connectivity index (χ4n) is 3.74. The number of fused-ring (bicyclic) bond motifs is 1. The van der Waals surface area contributed by atoms with E-state index in [-0.39, 0.29) is 17.4 Å². The Hall–Kier alpha value is -2.18.